The SMILES string of the molecule is O=C(NCC(O)CO)C1CN(C(=O)c2ccc(F)c(F)c2Nc2ccc(I)cc2F)C1. The second-order valence-corrected chi connectivity index (χ2v) is 8.27. The van der Waals surface area contributed by atoms with Gasteiger partial charge in [-0.1, -0.05) is 0 Å². The molecule has 11 heteroatoms. The lowest BCUT2D eigenvalue weighted by atomic mass is 9.97. The standard InChI is InChI=1S/C20H19F3IN3O4/c21-14-3-2-13(18(17(14)23)26-16-4-1-11(24)5-15(16)22)20(31)27-7-10(8-27)19(30)25-6-12(29)9-28/h1-5,10,12,26,28-29H,6-9H2,(H,25,30). The van der Waals surface area contributed by atoms with Crippen LogP contribution >= 0.6 is 22.6 Å². The fraction of sp³-hybridized carbons (Fsp3) is 0.300. The highest BCUT2D eigenvalue weighted by Gasteiger charge is 2.37. The summed E-state index contributed by atoms with van der Waals surface area (Å²) >= 11 is 1.90. The van der Waals surface area contributed by atoms with E-state index in [1.165, 1.54) is 17.0 Å². The Morgan fingerprint density at radius 1 is 1.16 bits per heavy atom. The van der Waals surface area contributed by atoms with Gasteiger partial charge in [-0.15, -0.1) is 0 Å². The largest absolute Gasteiger partial charge is 0.394 e. The van der Waals surface area contributed by atoms with E-state index < -0.39 is 53.6 Å². The topological polar surface area (TPSA) is 102 Å². The third kappa shape index (κ3) is 5.28. The fourth-order valence-corrected chi connectivity index (χ4v) is 3.44. The van der Waals surface area contributed by atoms with E-state index >= 15 is 0 Å². The van der Waals surface area contributed by atoms with Gasteiger partial charge in [-0.3, -0.25) is 9.59 Å². The van der Waals surface area contributed by atoms with Gasteiger partial charge in [0.1, 0.15) is 5.82 Å². The molecule has 166 valence electrons. The van der Waals surface area contributed by atoms with Crippen molar-refractivity contribution >= 4 is 45.8 Å². The van der Waals surface area contributed by atoms with E-state index in [1.54, 1.807) is 6.07 Å². The van der Waals surface area contributed by atoms with E-state index in [-0.39, 0.29) is 30.9 Å². The molecule has 1 heterocycles. The van der Waals surface area contributed by atoms with Crippen molar-refractivity contribution in [1.82, 2.24) is 10.2 Å². The maximum absolute atomic E-state index is 14.5. The van der Waals surface area contributed by atoms with Gasteiger partial charge in [-0.2, -0.15) is 0 Å². The van der Waals surface area contributed by atoms with Gasteiger partial charge in [0.25, 0.3) is 5.91 Å². The maximum atomic E-state index is 14.5. The van der Waals surface area contributed by atoms with Gasteiger partial charge in [0.15, 0.2) is 11.6 Å². The van der Waals surface area contributed by atoms with Crippen LogP contribution in [0.1, 0.15) is 10.4 Å². The van der Waals surface area contributed by atoms with Gasteiger partial charge in [0.2, 0.25) is 5.91 Å². The zero-order valence-electron chi connectivity index (χ0n) is 16.0. The smallest absolute Gasteiger partial charge is 0.256 e. The predicted octanol–water partition coefficient (Wildman–Crippen LogP) is 1.99. The number of benzene rings is 2. The van der Waals surface area contributed by atoms with Crippen molar-refractivity contribution in [2.45, 2.75) is 6.10 Å². The summed E-state index contributed by atoms with van der Waals surface area (Å²) in [5.41, 5.74) is -0.822. The number of aliphatic hydroxyl groups excluding tert-OH is 2. The molecule has 7 nitrogen and oxygen atoms in total. The Kier molecular flexibility index (Phi) is 7.38. The molecule has 0 bridgehead atoms. The molecule has 1 unspecified atom stereocenters. The lowest BCUT2D eigenvalue weighted by Gasteiger charge is -2.38. The first-order valence-electron chi connectivity index (χ1n) is 9.27. The van der Waals surface area contributed by atoms with E-state index in [1.807, 2.05) is 22.6 Å². The first kappa shape index (κ1) is 23.3. The van der Waals surface area contributed by atoms with Crippen LogP contribution in [0.2, 0.25) is 0 Å². The Morgan fingerprint density at radius 2 is 1.87 bits per heavy atom. The van der Waals surface area contributed by atoms with E-state index in [2.05, 4.69) is 10.6 Å². The van der Waals surface area contributed by atoms with E-state index in [0.29, 0.717) is 3.57 Å². The van der Waals surface area contributed by atoms with Crippen molar-refractivity contribution in [3.8, 4) is 0 Å². The molecule has 31 heavy (non-hydrogen) atoms. The molecule has 1 aliphatic rings. The summed E-state index contributed by atoms with van der Waals surface area (Å²) in [6.45, 7) is -0.548. The number of hydrogen-bond acceptors (Lipinski definition) is 5. The molecule has 0 aliphatic carbocycles. The highest BCUT2D eigenvalue weighted by molar-refractivity contribution is 14.1. The van der Waals surface area contributed by atoms with Crippen LogP contribution in [0.5, 0.6) is 0 Å². The summed E-state index contributed by atoms with van der Waals surface area (Å²) in [6, 6.07) is 6.02. The number of rotatable bonds is 7. The number of nitrogens with one attached hydrogen (secondary N) is 2. The number of amides is 2. The number of aliphatic hydroxyl groups is 2. The Morgan fingerprint density at radius 3 is 2.52 bits per heavy atom. The molecule has 2 aromatic carbocycles. The summed E-state index contributed by atoms with van der Waals surface area (Å²) in [5.74, 6) is -4.80. The second kappa shape index (κ2) is 9.83. The molecular formula is C20H19F3IN3O4. The van der Waals surface area contributed by atoms with Crippen LogP contribution in [0.3, 0.4) is 0 Å². The molecule has 4 N–H and O–H groups in total. The quantitative estimate of drug-likeness (QED) is 0.396. The summed E-state index contributed by atoms with van der Waals surface area (Å²) in [7, 11) is 0. The molecule has 1 saturated heterocycles. The number of hydrogen-bond donors (Lipinski definition) is 4. The summed E-state index contributed by atoms with van der Waals surface area (Å²) in [4.78, 5) is 26.1. The molecule has 1 fully saturated rings. The van der Waals surface area contributed by atoms with Crippen molar-refractivity contribution in [2.75, 3.05) is 31.6 Å². The molecule has 1 atom stereocenters. The van der Waals surface area contributed by atoms with Crippen molar-refractivity contribution in [3.63, 3.8) is 0 Å². The first-order chi connectivity index (χ1) is 14.7. The van der Waals surface area contributed by atoms with Crippen LogP contribution in [0.15, 0.2) is 30.3 Å². The third-order valence-electron chi connectivity index (χ3n) is 4.78. The summed E-state index contributed by atoms with van der Waals surface area (Å²) in [6.07, 6.45) is -1.08. The number of nitrogens with zero attached hydrogens (tertiary/aromatic N) is 1. The molecule has 2 aromatic rings. The predicted molar refractivity (Wildman–Crippen MR) is 114 cm³/mol. The monoisotopic (exact) mass is 549 g/mol. The van der Waals surface area contributed by atoms with Crippen molar-refractivity contribution < 1.29 is 33.0 Å². The molecule has 0 spiro atoms. The lowest BCUT2D eigenvalue weighted by Crippen LogP contribution is -2.56. The Labute approximate surface area is 189 Å². The zero-order valence-corrected chi connectivity index (χ0v) is 18.2. The Hall–Kier alpha value is -2.38. The minimum Gasteiger partial charge on any atom is -0.394 e. The lowest BCUT2D eigenvalue weighted by molar-refractivity contribution is -0.129. The number of likely N-dealkylation sites (tertiary alicyclic amines) is 1. The molecule has 3 rings (SSSR count). The van der Waals surface area contributed by atoms with Crippen LogP contribution in [0.25, 0.3) is 0 Å². The van der Waals surface area contributed by atoms with Crippen molar-refractivity contribution in [3.05, 3.63) is 56.9 Å². The number of anilines is 2. The van der Waals surface area contributed by atoms with Crippen LogP contribution in [-0.2, 0) is 4.79 Å². The highest BCUT2D eigenvalue weighted by atomic mass is 127. The van der Waals surface area contributed by atoms with Crippen LogP contribution in [-0.4, -0.2) is 59.3 Å². The normalized spacial score (nSPS) is 14.7. The van der Waals surface area contributed by atoms with Gasteiger partial charge in [-0.05, 0) is 52.9 Å². The van der Waals surface area contributed by atoms with Crippen LogP contribution in [0, 0.1) is 26.9 Å². The second-order valence-electron chi connectivity index (χ2n) is 7.02. The summed E-state index contributed by atoms with van der Waals surface area (Å²) in [5, 5.41) is 23.0. The van der Waals surface area contributed by atoms with Gasteiger partial charge in [0, 0.05) is 23.2 Å². The molecule has 1 aliphatic heterocycles. The van der Waals surface area contributed by atoms with Crippen molar-refractivity contribution in [1.29, 1.82) is 0 Å². The molecular weight excluding hydrogens is 530 g/mol. The van der Waals surface area contributed by atoms with Gasteiger partial charge >= 0.3 is 0 Å². The Balaban J connectivity index is 1.74. The molecule has 0 aromatic heterocycles. The van der Waals surface area contributed by atoms with Crippen LogP contribution < -0.4 is 10.6 Å². The average Bonchev–Trinajstić information content (AvgIpc) is 2.70. The van der Waals surface area contributed by atoms with E-state index in [4.69, 9.17) is 5.11 Å². The van der Waals surface area contributed by atoms with Gasteiger partial charge < -0.3 is 25.7 Å². The maximum Gasteiger partial charge on any atom is 0.256 e. The minimum absolute atomic E-state index is 0.0379. The van der Waals surface area contributed by atoms with Gasteiger partial charge in [-0.25, -0.2) is 13.2 Å². The summed E-state index contributed by atoms with van der Waals surface area (Å²) < 4.78 is 43.1. The average molecular weight is 549 g/mol. The van der Waals surface area contributed by atoms with E-state index in [0.717, 1.165) is 12.1 Å². The van der Waals surface area contributed by atoms with Crippen molar-refractivity contribution in [2.24, 2.45) is 5.92 Å². The Bertz CT molecular complexity index is 1000. The molecule has 0 saturated carbocycles. The third-order valence-corrected chi connectivity index (χ3v) is 5.45. The highest BCUT2D eigenvalue weighted by Crippen LogP contribution is 2.31. The number of carbonyl (C=O) groups excluding carboxylic acids is 2. The zero-order chi connectivity index (χ0) is 22.7. The van der Waals surface area contributed by atoms with E-state index in [9.17, 15) is 27.9 Å². The first-order valence-corrected chi connectivity index (χ1v) is 10.3. The van der Waals surface area contributed by atoms with Crippen LogP contribution in [0.4, 0.5) is 24.5 Å². The minimum atomic E-state index is -1.32. The van der Waals surface area contributed by atoms with Gasteiger partial charge in [0.05, 0.1) is 35.6 Å². The number of carbonyl (C=O) groups is 2. The molecule has 2 amide bonds. The number of halogens is 4. The molecule has 0 radical (unpaired) electrons. The fourth-order valence-electron chi connectivity index (χ4n) is 2.98.